The lowest BCUT2D eigenvalue weighted by Crippen LogP contribution is -2.41. The lowest BCUT2D eigenvalue weighted by molar-refractivity contribution is -0.122. The Hall–Kier alpha value is -1.07. The number of hydrogen-bond donors (Lipinski definition) is 2. The summed E-state index contributed by atoms with van der Waals surface area (Å²) in [5.41, 5.74) is 0.203. The molecular weight excluding hydrogens is 344 g/mol. The second kappa shape index (κ2) is 7.09. The normalized spacial score (nSPS) is 11.1. The minimum atomic E-state index is -0.264. The van der Waals surface area contributed by atoms with E-state index in [9.17, 15) is 9.59 Å². The van der Waals surface area contributed by atoms with Crippen molar-refractivity contribution in [1.29, 1.82) is 0 Å². The van der Waals surface area contributed by atoms with Gasteiger partial charge in [-0.3, -0.25) is 9.59 Å². The Kier molecular flexibility index (Phi) is 6.02. The molecule has 110 valence electrons. The van der Waals surface area contributed by atoms with Crippen LogP contribution in [0, 0.1) is 0 Å². The lowest BCUT2D eigenvalue weighted by atomic mass is 10.1. The molecule has 0 heterocycles. The fraction of sp³-hybridized carbons (Fsp3) is 0.429. The van der Waals surface area contributed by atoms with Crippen molar-refractivity contribution in [2.75, 3.05) is 6.54 Å². The zero-order valence-corrected chi connectivity index (χ0v) is 14.1. The van der Waals surface area contributed by atoms with E-state index in [0.29, 0.717) is 10.6 Å². The molecule has 2 N–H and O–H groups in total. The predicted octanol–water partition coefficient (Wildman–Crippen LogP) is 3.14. The predicted molar refractivity (Wildman–Crippen MR) is 84.0 cm³/mol. The quantitative estimate of drug-likeness (QED) is 0.865. The minimum Gasteiger partial charge on any atom is -0.352 e. The highest BCUT2D eigenvalue weighted by molar-refractivity contribution is 9.10. The Morgan fingerprint density at radius 1 is 1.30 bits per heavy atom. The average Bonchev–Trinajstić information content (AvgIpc) is 2.30. The molecule has 0 fully saturated rings. The van der Waals surface area contributed by atoms with Gasteiger partial charge in [-0.2, -0.15) is 0 Å². The number of hydrogen-bond acceptors (Lipinski definition) is 2. The van der Waals surface area contributed by atoms with Crippen LogP contribution in [0.3, 0.4) is 0 Å². The Morgan fingerprint density at radius 3 is 2.50 bits per heavy atom. The van der Waals surface area contributed by atoms with Crippen LogP contribution >= 0.6 is 27.5 Å². The largest absolute Gasteiger partial charge is 0.352 e. The maximum absolute atomic E-state index is 11.9. The molecule has 0 aromatic heterocycles. The summed E-state index contributed by atoms with van der Waals surface area (Å²) in [6.45, 7) is 6.02. The van der Waals surface area contributed by atoms with Crippen molar-refractivity contribution < 1.29 is 9.59 Å². The topological polar surface area (TPSA) is 58.2 Å². The summed E-state index contributed by atoms with van der Waals surface area (Å²) in [6.07, 6.45) is 0.243. The molecule has 20 heavy (non-hydrogen) atoms. The first-order valence-electron chi connectivity index (χ1n) is 6.23. The number of amides is 2. The van der Waals surface area contributed by atoms with Gasteiger partial charge in [-0.15, -0.1) is 0 Å². The van der Waals surface area contributed by atoms with Crippen LogP contribution in [0.1, 0.15) is 37.6 Å². The third kappa shape index (κ3) is 5.92. The summed E-state index contributed by atoms with van der Waals surface area (Å²) in [5.74, 6) is -0.338. The van der Waals surface area contributed by atoms with Crippen LogP contribution in [-0.2, 0) is 4.79 Å². The van der Waals surface area contributed by atoms with Gasteiger partial charge in [-0.05, 0) is 54.9 Å². The van der Waals surface area contributed by atoms with Crippen LogP contribution < -0.4 is 10.6 Å². The van der Waals surface area contributed by atoms with Crippen LogP contribution in [0.15, 0.2) is 22.7 Å². The van der Waals surface area contributed by atoms with Crippen molar-refractivity contribution in [3.05, 3.63) is 33.3 Å². The molecule has 6 heteroatoms. The molecule has 0 radical (unpaired) electrons. The Bertz CT molecular complexity index is 512. The van der Waals surface area contributed by atoms with Crippen molar-refractivity contribution in [2.24, 2.45) is 0 Å². The van der Waals surface area contributed by atoms with Gasteiger partial charge < -0.3 is 10.6 Å². The molecule has 0 saturated carbocycles. The van der Waals surface area contributed by atoms with Gasteiger partial charge in [0, 0.05) is 28.5 Å². The van der Waals surface area contributed by atoms with Gasteiger partial charge in [0.1, 0.15) is 0 Å². The van der Waals surface area contributed by atoms with Crippen molar-refractivity contribution in [3.63, 3.8) is 0 Å². The molecule has 4 nitrogen and oxygen atoms in total. The van der Waals surface area contributed by atoms with Gasteiger partial charge in [0.2, 0.25) is 5.91 Å². The van der Waals surface area contributed by atoms with Gasteiger partial charge in [0.05, 0.1) is 5.02 Å². The smallest absolute Gasteiger partial charge is 0.251 e. The molecule has 1 rings (SSSR count). The fourth-order valence-corrected chi connectivity index (χ4v) is 1.94. The highest BCUT2D eigenvalue weighted by Crippen LogP contribution is 2.23. The number of rotatable bonds is 4. The molecule has 2 amide bonds. The van der Waals surface area contributed by atoms with Crippen LogP contribution in [0.2, 0.25) is 5.02 Å². The average molecular weight is 362 g/mol. The number of halogens is 2. The molecule has 1 aromatic carbocycles. The standard InChI is InChI=1S/C14H18BrClN2O2/c1-14(2,3)18-12(19)6-7-17-13(20)9-4-5-10(15)11(16)8-9/h4-5,8H,6-7H2,1-3H3,(H,17,20)(H,18,19). The Labute approximate surface area is 132 Å². The summed E-state index contributed by atoms with van der Waals surface area (Å²) >= 11 is 9.19. The number of nitrogens with one attached hydrogen (secondary N) is 2. The number of carbonyl (C=O) groups is 2. The second-order valence-electron chi connectivity index (χ2n) is 5.43. The van der Waals surface area contributed by atoms with E-state index in [-0.39, 0.29) is 30.3 Å². The summed E-state index contributed by atoms with van der Waals surface area (Å²) < 4.78 is 0.736. The van der Waals surface area contributed by atoms with E-state index < -0.39 is 0 Å². The Morgan fingerprint density at radius 2 is 1.95 bits per heavy atom. The molecule has 0 saturated heterocycles. The molecule has 0 spiro atoms. The SMILES string of the molecule is CC(C)(C)NC(=O)CCNC(=O)c1ccc(Br)c(Cl)c1. The van der Waals surface area contributed by atoms with E-state index in [1.165, 1.54) is 0 Å². The molecule has 0 bridgehead atoms. The molecular formula is C14H18BrClN2O2. The van der Waals surface area contributed by atoms with Gasteiger partial charge >= 0.3 is 0 Å². The minimum absolute atomic E-state index is 0.0911. The summed E-state index contributed by atoms with van der Waals surface area (Å²) in [5, 5.41) is 6.00. The maximum atomic E-state index is 11.9. The van der Waals surface area contributed by atoms with Gasteiger partial charge in [0.25, 0.3) is 5.91 Å². The molecule has 0 unspecified atom stereocenters. The molecule has 0 aliphatic carbocycles. The van der Waals surface area contributed by atoms with E-state index in [1.54, 1.807) is 18.2 Å². The van der Waals surface area contributed by atoms with E-state index in [0.717, 1.165) is 4.47 Å². The summed E-state index contributed by atoms with van der Waals surface area (Å²) in [6, 6.07) is 4.96. The van der Waals surface area contributed by atoms with Gasteiger partial charge in [0.15, 0.2) is 0 Å². The maximum Gasteiger partial charge on any atom is 0.251 e. The molecule has 0 aliphatic heterocycles. The van der Waals surface area contributed by atoms with Crippen LogP contribution in [-0.4, -0.2) is 23.9 Å². The zero-order valence-electron chi connectivity index (χ0n) is 11.7. The second-order valence-corrected chi connectivity index (χ2v) is 6.69. The molecule has 1 aromatic rings. The van der Waals surface area contributed by atoms with Gasteiger partial charge in [-0.1, -0.05) is 11.6 Å². The van der Waals surface area contributed by atoms with Crippen LogP contribution in [0.5, 0.6) is 0 Å². The summed E-state index contributed by atoms with van der Waals surface area (Å²) in [4.78, 5) is 23.4. The zero-order chi connectivity index (χ0) is 15.3. The highest BCUT2D eigenvalue weighted by Gasteiger charge is 2.14. The molecule has 0 atom stereocenters. The first-order valence-corrected chi connectivity index (χ1v) is 7.40. The van der Waals surface area contributed by atoms with Crippen molar-refractivity contribution >= 4 is 39.3 Å². The van der Waals surface area contributed by atoms with Crippen molar-refractivity contribution in [2.45, 2.75) is 32.7 Å². The highest BCUT2D eigenvalue weighted by atomic mass is 79.9. The van der Waals surface area contributed by atoms with Crippen LogP contribution in [0.4, 0.5) is 0 Å². The van der Waals surface area contributed by atoms with E-state index in [4.69, 9.17) is 11.6 Å². The first-order chi connectivity index (χ1) is 9.19. The number of carbonyl (C=O) groups excluding carboxylic acids is 2. The fourth-order valence-electron chi connectivity index (χ4n) is 1.51. The van der Waals surface area contributed by atoms with Crippen molar-refractivity contribution in [3.8, 4) is 0 Å². The van der Waals surface area contributed by atoms with Crippen LogP contribution in [0.25, 0.3) is 0 Å². The van der Waals surface area contributed by atoms with E-state index in [1.807, 2.05) is 20.8 Å². The van der Waals surface area contributed by atoms with E-state index in [2.05, 4.69) is 26.6 Å². The first kappa shape index (κ1) is 17.0. The van der Waals surface area contributed by atoms with E-state index >= 15 is 0 Å². The molecule has 0 aliphatic rings. The third-order valence-corrected chi connectivity index (χ3v) is 3.57. The van der Waals surface area contributed by atoms with Gasteiger partial charge in [-0.25, -0.2) is 0 Å². The lowest BCUT2D eigenvalue weighted by Gasteiger charge is -2.20. The monoisotopic (exact) mass is 360 g/mol. The number of benzene rings is 1. The summed E-state index contributed by atoms with van der Waals surface area (Å²) in [7, 11) is 0. The Balaban J connectivity index is 2.44. The third-order valence-electron chi connectivity index (χ3n) is 2.33. The van der Waals surface area contributed by atoms with Crippen molar-refractivity contribution in [1.82, 2.24) is 10.6 Å².